The predicted molar refractivity (Wildman–Crippen MR) is 80.8 cm³/mol. The van der Waals surface area contributed by atoms with Crippen LogP contribution in [0.5, 0.6) is 0 Å². The Hall–Kier alpha value is -2.70. The molecule has 0 aliphatic carbocycles. The highest BCUT2D eigenvalue weighted by atomic mass is 16.4. The van der Waals surface area contributed by atoms with E-state index >= 15 is 0 Å². The fraction of sp³-hybridized carbons (Fsp3) is 0.333. The molecule has 0 spiro atoms. The first kappa shape index (κ1) is 15.7. The van der Waals surface area contributed by atoms with E-state index in [1.807, 2.05) is 6.07 Å². The minimum atomic E-state index is -1.000. The number of amides is 1. The van der Waals surface area contributed by atoms with Gasteiger partial charge in [0.15, 0.2) is 0 Å². The molecule has 0 radical (unpaired) electrons. The van der Waals surface area contributed by atoms with Gasteiger partial charge in [-0.05, 0) is 17.0 Å². The topological polar surface area (TPSA) is 97.1 Å². The average molecular weight is 302 g/mol. The highest BCUT2D eigenvalue weighted by Gasteiger charge is 2.15. The number of hydrogen-bond donors (Lipinski definition) is 2. The number of rotatable bonds is 4. The second-order valence-corrected chi connectivity index (χ2v) is 5.96. The van der Waals surface area contributed by atoms with Gasteiger partial charge in [0.05, 0.1) is 11.9 Å². The van der Waals surface area contributed by atoms with Gasteiger partial charge in [-0.1, -0.05) is 26.8 Å². The molecule has 2 N–H and O–H groups in total. The molecule has 0 bridgehead atoms. The Balaban J connectivity index is 2.06. The van der Waals surface area contributed by atoms with Gasteiger partial charge in [-0.2, -0.15) is 5.10 Å². The number of carbonyl (C=O) groups is 2. The smallest absolute Gasteiger partial charge is 0.325 e. The van der Waals surface area contributed by atoms with E-state index in [2.05, 4.69) is 36.2 Å². The second-order valence-electron chi connectivity index (χ2n) is 5.96. The normalized spacial score (nSPS) is 11.2. The summed E-state index contributed by atoms with van der Waals surface area (Å²) in [5, 5.41) is 15.2. The fourth-order valence-electron chi connectivity index (χ4n) is 1.82. The third-order valence-electron chi connectivity index (χ3n) is 3.05. The largest absolute Gasteiger partial charge is 0.480 e. The van der Waals surface area contributed by atoms with E-state index in [0.717, 1.165) is 5.56 Å². The number of pyridine rings is 1. The number of carboxylic acids is 1. The van der Waals surface area contributed by atoms with E-state index in [1.165, 1.54) is 17.1 Å². The monoisotopic (exact) mass is 302 g/mol. The lowest BCUT2D eigenvalue weighted by atomic mass is 9.88. The number of anilines is 1. The van der Waals surface area contributed by atoms with Gasteiger partial charge in [0, 0.05) is 12.4 Å². The molecule has 7 nitrogen and oxygen atoms in total. The van der Waals surface area contributed by atoms with Crippen LogP contribution in [0.15, 0.2) is 30.7 Å². The van der Waals surface area contributed by atoms with Crippen molar-refractivity contribution in [3.05, 3.63) is 42.0 Å². The summed E-state index contributed by atoms with van der Waals surface area (Å²) >= 11 is 0. The summed E-state index contributed by atoms with van der Waals surface area (Å²) in [6.07, 6.45) is 4.53. The van der Waals surface area contributed by atoms with E-state index in [9.17, 15) is 9.59 Å². The zero-order valence-corrected chi connectivity index (χ0v) is 12.7. The first-order valence-electron chi connectivity index (χ1n) is 6.78. The van der Waals surface area contributed by atoms with Crippen molar-refractivity contribution in [3.8, 4) is 0 Å². The van der Waals surface area contributed by atoms with E-state index in [1.54, 1.807) is 12.3 Å². The highest BCUT2D eigenvalue weighted by molar-refractivity contribution is 6.02. The molecule has 0 saturated heterocycles. The van der Waals surface area contributed by atoms with Crippen LogP contribution in [-0.4, -0.2) is 31.7 Å². The van der Waals surface area contributed by atoms with Gasteiger partial charge in [0.2, 0.25) is 0 Å². The second kappa shape index (κ2) is 5.97. The molecule has 2 rings (SSSR count). The number of aliphatic carboxylic acids is 1. The zero-order chi connectivity index (χ0) is 16.3. The van der Waals surface area contributed by atoms with Crippen molar-refractivity contribution in [3.63, 3.8) is 0 Å². The van der Waals surface area contributed by atoms with Crippen LogP contribution in [0.1, 0.15) is 36.8 Å². The van der Waals surface area contributed by atoms with Crippen molar-refractivity contribution < 1.29 is 14.7 Å². The van der Waals surface area contributed by atoms with Crippen LogP contribution in [0.25, 0.3) is 0 Å². The van der Waals surface area contributed by atoms with Crippen molar-refractivity contribution in [2.45, 2.75) is 32.7 Å². The summed E-state index contributed by atoms with van der Waals surface area (Å²) < 4.78 is 1.23. The summed E-state index contributed by atoms with van der Waals surface area (Å²) in [6.45, 7) is 5.95. The minimum absolute atomic E-state index is 0.0278. The lowest BCUT2D eigenvalue weighted by Gasteiger charge is -2.18. The van der Waals surface area contributed by atoms with Crippen LogP contribution in [0.2, 0.25) is 0 Å². The number of aromatic nitrogens is 3. The van der Waals surface area contributed by atoms with Crippen molar-refractivity contribution in [1.82, 2.24) is 14.8 Å². The van der Waals surface area contributed by atoms with Gasteiger partial charge < -0.3 is 10.4 Å². The lowest BCUT2D eigenvalue weighted by Crippen LogP contribution is -2.16. The Morgan fingerprint density at radius 2 is 2.00 bits per heavy atom. The maximum absolute atomic E-state index is 12.1. The van der Waals surface area contributed by atoms with Crippen LogP contribution in [-0.2, 0) is 16.8 Å². The van der Waals surface area contributed by atoms with Crippen molar-refractivity contribution >= 4 is 17.6 Å². The maximum atomic E-state index is 12.1. The molecule has 22 heavy (non-hydrogen) atoms. The molecule has 0 aromatic carbocycles. The van der Waals surface area contributed by atoms with Crippen LogP contribution >= 0.6 is 0 Å². The third-order valence-corrected chi connectivity index (χ3v) is 3.05. The molecular formula is C15H18N4O3. The molecular weight excluding hydrogens is 284 g/mol. The number of carboxylic acid groups (broad SMARTS) is 1. The molecule has 0 saturated carbocycles. The summed E-state index contributed by atoms with van der Waals surface area (Å²) in [7, 11) is 0. The molecule has 0 fully saturated rings. The van der Waals surface area contributed by atoms with Gasteiger partial charge in [0.1, 0.15) is 12.2 Å². The third kappa shape index (κ3) is 3.91. The number of nitrogens with zero attached hydrogens (tertiary/aromatic N) is 3. The summed E-state index contributed by atoms with van der Waals surface area (Å²) in [5.41, 5.74) is 1.73. The van der Waals surface area contributed by atoms with E-state index in [4.69, 9.17) is 5.11 Å². The predicted octanol–water partition coefficient (Wildman–Crippen LogP) is 1.91. The number of carbonyl (C=O) groups excluding carboxylic acids is 1. The van der Waals surface area contributed by atoms with Crippen LogP contribution < -0.4 is 5.32 Å². The quantitative estimate of drug-likeness (QED) is 0.899. The van der Waals surface area contributed by atoms with E-state index < -0.39 is 5.97 Å². The van der Waals surface area contributed by atoms with Gasteiger partial charge in [0.25, 0.3) is 5.91 Å². The molecule has 0 aliphatic heterocycles. The molecule has 0 unspecified atom stereocenters. The molecule has 2 aromatic heterocycles. The molecule has 7 heteroatoms. The van der Waals surface area contributed by atoms with E-state index in [-0.39, 0.29) is 17.9 Å². The molecule has 0 aliphatic rings. The Morgan fingerprint density at radius 1 is 1.27 bits per heavy atom. The average Bonchev–Trinajstić information content (AvgIpc) is 2.84. The SMILES string of the molecule is CC(C)(C)c1ccc(C(=O)Nc2cnn(CC(=O)O)c2)nc1. The minimum Gasteiger partial charge on any atom is -0.480 e. The number of nitrogens with one attached hydrogen (secondary N) is 1. The van der Waals surface area contributed by atoms with Crippen LogP contribution in [0, 0.1) is 0 Å². The molecule has 116 valence electrons. The molecule has 1 amide bonds. The first-order valence-corrected chi connectivity index (χ1v) is 6.78. The van der Waals surface area contributed by atoms with Crippen LogP contribution in [0.4, 0.5) is 5.69 Å². The zero-order valence-electron chi connectivity index (χ0n) is 12.7. The Labute approximate surface area is 128 Å². The molecule has 0 atom stereocenters. The van der Waals surface area contributed by atoms with Gasteiger partial charge in [-0.25, -0.2) is 0 Å². The van der Waals surface area contributed by atoms with Crippen molar-refractivity contribution in [2.75, 3.05) is 5.32 Å². The summed E-state index contributed by atoms with van der Waals surface area (Å²) in [6, 6.07) is 3.54. The lowest BCUT2D eigenvalue weighted by molar-refractivity contribution is -0.137. The Bertz CT molecular complexity index is 684. The fourth-order valence-corrected chi connectivity index (χ4v) is 1.82. The summed E-state index contributed by atoms with van der Waals surface area (Å²) in [4.78, 5) is 26.8. The Morgan fingerprint density at radius 3 is 2.55 bits per heavy atom. The van der Waals surface area contributed by atoms with Gasteiger partial charge in [-0.3, -0.25) is 19.3 Å². The van der Waals surface area contributed by atoms with E-state index in [0.29, 0.717) is 11.4 Å². The highest BCUT2D eigenvalue weighted by Crippen LogP contribution is 2.21. The first-order chi connectivity index (χ1) is 10.3. The van der Waals surface area contributed by atoms with Crippen molar-refractivity contribution in [1.29, 1.82) is 0 Å². The standard InChI is InChI=1S/C15H18N4O3/c1-15(2,3)10-4-5-12(16-6-10)14(22)18-11-7-17-19(8-11)9-13(20)21/h4-8H,9H2,1-3H3,(H,18,22)(H,20,21). The van der Waals surface area contributed by atoms with Gasteiger partial charge in [-0.15, -0.1) is 0 Å². The maximum Gasteiger partial charge on any atom is 0.325 e. The molecule has 2 aromatic rings. The Kier molecular flexibility index (Phi) is 4.25. The number of hydrogen-bond acceptors (Lipinski definition) is 4. The molecule has 2 heterocycles. The van der Waals surface area contributed by atoms with Crippen LogP contribution in [0.3, 0.4) is 0 Å². The van der Waals surface area contributed by atoms with Gasteiger partial charge >= 0.3 is 5.97 Å². The summed E-state index contributed by atoms with van der Waals surface area (Å²) in [5.74, 6) is -1.37. The van der Waals surface area contributed by atoms with Crippen molar-refractivity contribution in [2.24, 2.45) is 0 Å².